The van der Waals surface area contributed by atoms with E-state index in [-0.39, 0.29) is 5.56 Å². The van der Waals surface area contributed by atoms with E-state index in [0.717, 1.165) is 16.7 Å². The summed E-state index contributed by atoms with van der Waals surface area (Å²) in [6.45, 7) is 8.03. The van der Waals surface area contributed by atoms with E-state index in [1.54, 1.807) is 6.07 Å². The number of hydrogen-bond donors (Lipinski definition) is 1. The van der Waals surface area contributed by atoms with Gasteiger partial charge in [-0.25, -0.2) is 9.78 Å². The molecule has 114 valence electrons. The summed E-state index contributed by atoms with van der Waals surface area (Å²) in [4.78, 5) is 15.4. The van der Waals surface area contributed by atoms with Crippen molar-refractivity contribution in [2.24, 2.45) is 0 Å². The molecule has 0 bridgehead atoms. The molecule has 4 nitrogen and oxygen atoms in total. The van der Waals surface area contributed by atoms with E-state index in [0.29, 0.717) is 17.0 Å². The molecule has 3 aromatic rings. The maximum atomic E-state index is 10.9. The molecule has 0 fully saturated rings. The first-order chi connectivity index (χ1) is 10.5. The van der Waals surface area contributed by atoms with Gasteiger partial charge in [0.1, 0.15) is 5.52 Å². The van der Waals surface area contributed by atoms with Crippen molar-refractivity contribution in [3.8, 4) is 11.5 Å². The van der Waals surface area contributed by atoms with Crippen LogP contribution in [0.25, 0.3) is 22.6 Å². The van der Waals surface area contributed by atoms with Gasteiger partial charge >= 0.3 is 5.97 Å². The van der Waals surface area contributed by atoms with Gasteiger partial charge in [0.05, 0.1) is 5.56 Å². The van der Waals surface area contributed by atoms with Crippen molar-refractivity contribution in [1.82, 2.24) is 4.98 Å². The Labute approximate surface area is 129 Å². The highest BCUT2D eigenvalue weighted by Crippen LogP contribution is 2.26. The lowest BCUT2D eigenvalue weighted by atomic mass is 10.1. The number of fused-ring (bicyclic) bond motifs is 1. The Morgan fingerprint density at radius 2 is 1.68 bits per heavy atom. The zero-order valence-corrected chi connectivity index (χ0v) is 13.2. The number of carboxylic acids is 1. The van der Waals surface area contributed by atoms with Crippen molar-refractivity contribution in [3.05, 3.63) is 53.1 Å². The van der Waals surface area contributed by atoms with Gasteiger partial charge in [-0.3, -0.25) is 0 Å². The smallest absolute Gasteiger partial charge is 0.335 e. The summed E-state index contributed by atoms with van der Waals surface area (Å²) in [6, 6.07) is 10.8. The number of nitrogens with zero attached hydrogens (tertiary/aromatic N) is 1. The molecule has 0 aliphatic carbocycles. The van der Waals surface area contributed by atoms with Crippen LogP contribution in [0, 0.1) is 13.8 Å². The van der Waals surface area contributed by atoms with Crippen LogP contribution in [0.5, 0.6) is 0 Å². The van der Waals surface area contributed by atoms with Crippen LogP contribution in [0.2, 0.25) is 0 Å². The lowest BCUT2D eigenvalue weighted by molar-refractivity contribution is 0.0697. The van der Waals surface area contributed by atoms with Crippen LogP contribution in [0.15, 0.2) is 40.8 Å². The maximum Gasteiger partial charge on any atom is 0.335 e. The molecular formula is C18H19NO3. The van der Waals surface area contributed by atoms with Crippen LogP contribution >= 0.6 is 0 Å². The van der Waals surface area contributed by atoms with Crippen molar-refractivity contribution in [2.75, 3.05) is 0 Å². The zero-order chi connectivity index (χ0) is 16.3. The Morgan fingerprint density at radius 3 is 2.27 bits per heavy atom. The molecule has 0 saturated carbocycles. The average molecular weight is 297 g/mol. The number of rotatable bonds is 2. The summed E-state index contributed by atoms with van der Waals surface area (Å²) in [6.07, 6.45) is 0. The quantitative estimate of drug-likeness (QED) is 0.735. The molecule has 0 aliphatic rings. The summed E-state index contributed by atoms with van der Waals surface area (Å²) in [5.41, 5.74) is 4.50. The molecule has 0 amide bonds. The fraction of sp³-hybridized carbons (Fsp3) is 0.222. The van der Waals surface area contributed by atoms with Crippen LogP contribution in [-0.2, 0) is 0 Å². The number of aromatic nitrogens is 1. The minimum absolute atomic E-state index is 0.195. The normalized spacial score (nSPS) is 10.2. The van der Waals surface area contributed by atoms with E-state index in [4.69, 9.17) is 9.52 Å². The molecule has 1 N–H and O–H groups in total. The van der Waals surface area contributed by atoms with Gasteiger partial charge < -0.3 is 9.52 Å². The monoisotopic (exact) mass is 297 g/mol. The largest absolute Gasteiger partial charge is 0.478 e. The lowest BCUT2D eigenvalue weighted by Gasteiger charge is -2.00. The summed E-state index contributed by atoms with van der Waals surface area (Å²) in [5.74, 6) is -0.467. The van der Waals surface area contributed by atoms with E-state index in [2.05, 4.69) is 11.1 Å². The number of oxazole rings is 1. The van der Waals surface area contributed by atoms with Gasteiger partial charge in [0, 0.05) is 5.56 Å². The predicted octanol–water partition coefficient (Wildman–Crippen LogP) is 4.84. The average Bonchev–Trinajstić information content (AvgIpc) is 2.91. The highest BCUT2D eigenvalue weighted by atomic mass is 16.4. The Hall–Kier alpha value is -2.62. The van der Waals surface area contributed by atoms with Crippen molar-refractivity contribution in [2.45, 2.75) is 27.7 Å². The minimum Gasteiger partial charge on any atom is -0.478 e. The second kappa shape index (κ2) is 6.43. The molecule has 0 spiro atoms. The van der Waals surface area contributed by atoms with Gasteiger partial charge in [-0.1, -0.05) is 31.0 Å². The van der Waals surface area contributed by atoms with Crippen molar-refractivity contribution < 1.29 is 14.3 Å². The number of benzene rings is 2. The molecular weight excluding hydrogens is 278 g/mol. The molecule has 3 rings (SSSR count). The summed E-state index contributed by atoms with van der Waals surface area (Å²) < 4.78 is 5.68. The first-order valence-corrected chi connectivity index (χ1v) is 7.25. The van der Waals surface area contributed by atoms with Gasteiger partial charge in [0.15, 0.2) is 5.58 Å². The van der Waals surface area contributed by atoms with E-state index in [9.17, 15) is 4.79 Å². The fourth-order valence-electron chi connectivity index (χ4n) is 2.28. The van der Waals surface area contributed by atoms with E-state index >= 15 is 0 Å². The zero-order valence-electron chi connectivity index (χ0n) is 13.2. The van der Waals surface area contributed by atoms with Gasteiger partial charge in [-0.2, -0.15) is 0 Å². The molecule has 0 radical (unpaired) electrons. The number of hydrogen-bond acceptors (Lipinski definition) is 3. The van der Waals surface area contributed by atoms with Gasteiger partial charge in [-0.15, -0.1) is 0 Å². The van der Waals surface area contributed by atoms with Crippen LogP contribution in [0.3, 0.4) is 0 Å². The lowest BCUT2D eigenvalue weighted by Crippen LogP contribution is -1.94. The van der Waals surface area contributed by atoms with Crippen LogP contribution in [-0.4, -0.2) is 16.1 Å². The standard InChI is InChI=1S/C16H13NO3.C2H6/c1-9-5-10(2)7-12(6-9)15-17-13-4-3-11(16(18)19)8-14(13)20-15;1-2/h3-8H,1-2H3,(H,18,19);1-2H3. The maximum absolute atomic E-state index is 10.9. The summed E-state index contributed by atoms with van der Waals surface area (Å²) in [7, 11) is 0. The van der Waals surface area contributed by atoms with Crippen molar-refractivity contribution in [1.29, 1.82) is 0 Å². The number of carbonyl (C=O) groups is 1. The van der Waals surface area contributed by atoms with E-state index in [1.165, 1.54) is 12.1 Å². The van der Waals surface area contributed by atoms with Gasteiger partial charge in [0.2, 0.25) is 5.89 Å². The predicted molar refractivity (Wildman–Crippen MR) is 87.2 cm³/mol. The highest BCUT2D eigenvalue weighted by molar-refractivity contribution is 5.92. The highest BCUT2D eigenvalue weighted by Gasteiger charge is 2.11. The second-order valence-electron chi connectivity index (χ2n) is 4.88. The molecule has 0 saturated heterocycles. The summed E-state index contributed by atoms with van der Waals surface area (Å²) >= 11 is 0. The number of aromatic carboxylic acids is 1. The van der Waals surface area contributed by atoms with Crippen molar-refractivity contribution in [3.63, 3.8) is 0 Å². The van der Waals surface area contributed by atoms with Crippen LogP contribution < -0.4 is 0 Å². The third-order valence-electron chi connectivity index (χ3n) is 3.10. The van der Waals surface area contributed by atoms with E-state index < -0.39 is 5.97 Å². The van der Waals surface area contributed by atoms with Crippen LogP contribution in [0.1, 0.15) is 35.3 Å². The fourth-order valence-corrected chi connectivity index (χ4v) is 2.28. The molecule has 0 unspecified atom stereocenters. The topological polar surface area (TPSA) is 63.3 Å². The molecule has 1 heterocycles. The Morgan fingerprint density at radius 1 is 1.05 bits per heavy atom. The molecule has 2 aromatic carbocycles. The first-order valence-electron chi connectivity index (χ1n) is 7.25. The Bertz CT molecular complexity index is 798. The number of carboxylic acid groups (broad SMARTS) is 1. The van der Waals surface area contributed by atoms with Gasteiger partial charge in [-0.05, 0) is 44.2 Å². The molecule has 22 heavy (non-hydrogen) atoms. The van der Waals surface area contributed by atoms with Crippen LogP contribution in [0.4, 0.5) is 0 Å². The number of aryl methyl sites for hydroxylation is 2. The third kappa shape index (κ3) is 3.17. The summed E-state index contributed by atoms with van der Waals surface area (Å²) in [5, 5.41) is 8.98. The van der Waals surface area contributed by atoms with Gasteiger partial charge in [0.25, 0.3) is 0 Å². The van der Waals surface area contributed by atoms with Crippen molar-refractivity contribution >= 4 is 17.1 Å². The SMILES string of the molecule is CC.Cc1cc(C)cc(-c2nc3ccc(C(=O)O)cc3o2)c1. The molecule has 4 heteroatoms. The second-order valence-corrected chi connectivity index (χ2v) is 4.88. The van der Waals surface area contributed by atoms with E-state index in [1.807, 2.05) is 39.8 Å². The minimum atomic E-state index is -0.976. The Balaban J connectivity index is 0.000000847. The Kier molecular flexibility index (Phi) is 4.61. The molecule has 0 aliphatic heterocycles. The molecule has 1 aromatic heterocycles. The molecule has 0 atom stereocenters. The first kappa shape index (κ1) is 15.8. The third-order valence-corrected chi connectivity index (χ3v) is 3.10.